The lowest BCUT2D eigenvalue weighted by atomic mass is 9.81. The fourth-order valence-corrected chi connectivity index (χ4v) is 4.72. The molecule has 4 unspecified atom stereocenters. The van der Waals surface area contributed by atoms with Gasteiger partial charge in [-0.3, -0.25) is 4.79 Å². The summed E-state index contributed by atoms with van der Waals surface area (Å²) in [6, 6.07) is 10.7. The molecule has 8 heteroatoms. The highest BCUT2D eigenvalue weighted by Crippen LogP contribution is 2.52. The summed E-state index contributed by atoms with van der Waals surface area (Å²) in [5, 5.41) is 19.6. The molecule has 0 spiro atoms. The number of ether oxygens (including phenoxy) is 4. The second kappa shape index (κ2) is 8.98. The summed E-state index contributed by atoms with van der Waals surface area (Å²) in [6.07, 6.45) is 0.542. The lowest BCUT2D eigenvalue weighted by molar-refractivity contribution is -0.145. The normalized spacial score (nSPS) is 22.4. The quantitative estimate of drug-likeness (QED) is 0.630. The molecule has 4 rings (SSSR count). The molecule has 1 fully saturated rings. The monoisotopic (exact) mass is 442 g/mol. The first kappa shape index (κ1) is 21.8. The average Bonchev–Trinajstić information content (AvgIpc) is 3.43. The molecule has 1 heterocycles. The first-order valence-electron chi connectivity index (χ1n) is 10.6. The molecule has 0 bridgehead atoms. The van der Waals surface area contributed by atoms with Crippen molar-refractivity contribution in [3.63, 3.8) is 0 Å². The largest absolute Gasteiger partial charge is 0.497 e. The topological polar surface area (TPSA) is 112 Å². The van der Waals surface area contributed by atoms with E-state index in [0.29, 0.717) is 41.4 Å². The van der Waals surface area contributed by atoms with Gasteiger partial charge in [0.2, 0.25) is 6.79 Å². The van der Waals surface area contributed by atoms with Gasteiger partial charge in [0.1, 0.15) is 11.5 Å². The molecule has 0 radical (unpaired) electrons. The van der Waals surface area contributed by atoms with E-state index in [-0.39, 0.29) is 25.0 Å². The third-order valence-corrected chi connectivity index (χ3v) is 6.30. The molecule has 8 nitrogen and oxygen atoms in total. The van der Waals surface area contributed by atoms with Crippen LogP contribution < -0.4 is 18.9 Å². The molecule has 2 aromatic carbocycles. The van der Waals surface area contributed by atoms with E-state index in [1.165, 1.54) is 7.11 Å². The summed E-state index contributed by atoms with van der Waals surface area (Å²) in [4.78, 5) is 24.0. The molecule has 0 amide bonds. The van der Waals surface area contributed by atoms with E-state index in [2.05, 4.69) is 0 Å². The van der Waals surface area contributed by atoms with Gasteiger partial charge in [-0.2, -0.15) is 0 Å². The van der Waals surface area contributed by atoms with E-state index in [0.717, 1.165) is 5.56 Å². The van der Waals surface area contributed by atoms with Gasteiger partial charge in [0, 0.05) is 12.0 Å². The van der Waals surface area contributed by atoms with Gasteiger partial charge in [-0.25, -0.2) is 4.79 Å². The van der Waals surface area contributed by atoms with Gasteiger partial charge in [-0.15, -0.1) is 0 Å². The van der Waals surface area contributed by atoms with Crippen molar-refractivity contribution in [3.05, 3.63) is 47.5 Å². The molecule has 0 saturated heterocycles. The van der Waals surface area contributed by atoms with E-state index >= 15 is 0 Å². The molecule has 170 valence electrons. The Hall–Kier alpha value is -3.42. The minimum Gasteiger partial charge on any atom is -0.497 e. The average molecular weight is 442 g/mol. The SMILES string of the molecule is CCC(Oc1cc(OC)ccc1C1CCC(c2ccc3c(c2)OCO3)C1C(=O)O)C(=O)O. The number of carboxylic acids is 2. The Balaban J connectivity index is 1.69. The second-order valence-electron chi connectivity index (χ2n) is 8.02. The lowest BCUT2D eigenvalue weighted by Crippen LogP contribution is -2.27. The fourth-order valence-electron chi connectivity index (χ4n) is 4.72. The molecule has 1 aliphatic carbocycles. The Morgan fingerprint density at radius 1 is 1.06 bits per heavy atom. The lowest BCUT2D eigenvalue weighted by Gasteiger charge is -2.25. The van der Waals surface area contributed by atoms with Gasteiger partial charge in [0.15, 0.2) is 17.6 Å². The van der Waals surface area contributed by atoms with Crippen molar-refractivity contribution in [3.8, 4) is 23.0 Å². The van der Waals surface area contributed by atoms with Gasteiger partial charge in [-0.05, 0) is 54.5 Å². The number of benzene rings is 2. The Kier molecular flexibility index (Phi) is 6.12. The van der Waals surface area contributed by atoms with Crippen LogP contribution in [0.2, 0.25) is 0 Å². The summed E-state index contributed by atoms with van der Waals surface area (Å²) in [5.74, 6) is -1.09. The van der Waals surface area contributed by atoms with Gasteiger partial charge < -0.3 is 29.2 Å². The number of methoxy groups -OCH3 is 1. The van der Waals surface area contributed by atoms with Crippen molar-refractivity contribution in [1.29, 1.82) is 0 Å². The summed E-state index contributed by atoms with van der Waals surface area (Å²) in [5.41, 5.74) is 1.57. The fraction of sp³-hybridized carbons (Fsp3) is 0.417. The molecule has 2 N–H and O–H groups in total. The van der Waals surface area contributed by atoms with Crippen molar-refractivity contribution >= 4 is 11.9 Å². The maximum atomic E-state index is 12.4. The number of carbonyl (C=O) groups is 2. The van der Waals surface area contributed by atoms with Crippen LogP contribution in [0.3, 0.4) is 0 Å². The summed E-state index contributed by atoms with van der Waals surface area (Å²) >= 11 is 0. The molecular formula is C24H26O8. The Morgan fingerprint density at radius 2 is 1.81 bits per heavy atom. The highest BCUT2D eigenvalue weighted by atomic mass is 16.7. The standard InChI is InChI=1S/C24H26O8/c1-3-18(23(25)26)32-20-11-14(29-2)5-6-16(20)17-8-7-15(22(17)24(27)28)13-4-9-19-21(10-13)31-12-30-19/h4-6,9-11,15,17-18,22H,3,7-8,12H2,1-2H3,(H,25,26)(H,27,28). The zero-order valence-electron chi connectivity index (χ0n) is 17.9. The van der Waals surface area contributed by atoms with E-state index in [9.17, 15) is 19.8 Å². The minimum absolute atomic E-state index is 0.156. The van der Waals surface area contributed by atoms with E-state index < -0.39 is 24.0 Å². The Labute approximate surface area is 185 Å². The number of hydrogen-bond donors (Lipinski definition) is 2. The van der Waals surface area contributed by atoms with Crippen LogP contribution in [0.4, 0.5) is 0 Å². The summed E-state index contributed by atoms with van der Waals surface area (Å²) in [7, 11) is 1.51. The van der Waals surface area contributed by atoms with E-state index in [4.69, 9.17) is 18.9 Å². The van der Waals surface area contributed by atoms with Crippen LogP contribution in [0.25, 0.3) is 0 Å². The number of aliphatic carboxylic acids is 2. The van der Waals surface area contributed by atoms with Crippen molar-refractivity contribution < 1.29 is 38.7 Å². The molecule has 1 saturated carbocycles. The van der Waals surface area contributed by atoms with Crippen LogP contribution in [0, 0.1) is 5.92 Å². The van der Waals surface area contributed by atoms with Crippen molar-refractivity contribution in [2.45, 2.75) is 44.1 Å². The second-order valence-corrected chi connectivity index (χ2v) is 8.02. The molecule has 4 atom stereocenters. The van der Waals surface area contributed by atoms with Gasteiger partial charge in [0.25, 0.3) is 0 Å². The highest BCUT2D eigenvalue weighted by Gasteiger charge is 2.44. The minimum atomic E-state index is -1.07. The summed E-state index contributed by atoms with van der Waals surface area (Å²) < 4.78 is 22.0. The highest BCUT2D eigenvalue weighted by molar-refractivity contribution is 5.75. The Bertz CT molecular complexity index is 1020. The van der Waals surface area contributed by atoms with Crippen molar-refractivity contribution in [2.24, 2.45) is 5.92 Å². The van der Waals surface area contributed by atoms with E-state index in [1.807, 2.05) is 18.2 Å². The molecular weight excluding hydrogens is 416 g/mol. The number of fused-ring (bicyclic) bond motifs is 1. The molecule has 2 aromatic rings. The van der Waals surface area contributed by atoms with Gasteiger partial charge >= 0.3 is 11.9 Å². The number of rotatable bonds is 8. The van der Waals surface area contributed by atoms with Gasteiger partial charge in [0.05, 0.1) is 13.0 Å². The van der Waals surface area contributed by atoms with Crippen LogP contribution >= 0.6 is 0 Å². The van der Waals surface area contributed by atoms with Crippen LogP contribution in [0.1, 0.15) is 49.1 Å². The third kappa shape index (κ3) is 4.04. The molecule has 32 heavy (non-hydrogen) atoms. The van der Waals surface area contributed by atoms with Crippen molar-refractivity contribution in [1.82, 2.24) is 0 Å². The van der Waals surface area contributed by atoms with Crippen LogP contribution in [-0.2, 0) is 9.59 Å². The zero-order chi connectivity index (χ0) is 22.8. The van der Waals surface area contributed by atoms with Crippen LogP contribution in [0.5, 0.6) is 23.0 Å². The van der Waals surface area contributed by atoms with Gasteiger partial charge in [-0.1, -0.05) is 19.1 Å². The zero-order valence-corrected chi connectivity index (χ0v) is 17.9. The van der Waals surface area contributed by atoms with E-state index in [1.54, 1.807) is 25.1 Å². The molecule has 1 aliphatic heterocycles. The third-order valence-electron chi connectivity index (χ3n) is 6.30. The Morgan fingerprint density at radius 3 is 2.50 bits per heavy atom. The first-order chi connectivity index (χ1) is 15.4. The first-order valence-corrected chi connectivity index (χ1v) is 10.6. The predicted molar refractivity (Wildman–Crippen MR) is 114 cm³/mol. The van der Waals surface area contributed by atoms with Crippen LogP contribution in [-0.4, -0.2) is 42.2 Å². The molecule has 0 aromatic heterocycles. The smallest absolute Gasteiger partial charge is 0.344 e. The number of hydrogen-bond acceptors (Lipinski definition) is 6. The van der Waals surface area contributed by atoms with Crippen LogP contribution in [0.15, 0.2) is 36.4 Å². The number of carboxylic acid groups (broad SMARTS) is 2. The van der Waals surface area contributed by atoms with Crippen molar-refractivity contribution in [2.75, 3.05) is 13.9 Å². The predicted octanol–water partition coefficient (Wildman–Crippen LogP) is 4.03. The summed E-state index contributed by atoms with van der Waals surface area (Å²) in [6.45, 7) is 1.88. The molecule has 2 aliphatic rings. The maximum absolute atomic E-state index is 12.4. The maximum Gasteiger partial charge on any atom is 0.344 e.